The molecule has 0 radical (unpaired) electrons. The third-order valence-corrected chi connectivity index (χ3v) is 6.01. The van der Waals surface area contributed by atoms with E-state index in [1.165, 1.54) is 6.42 Å². The summed E-state index contributed by atoms with van der Waals surface area (Å²) in [7, 11) is 1.62. The highest BCUT2D eigenvalue weighted by molar-refractivity contribution is 5.78. The zero-order valence-electron chi connectivity index (χ0n) is 13.6. The van der Waals surface area contributed by atoms with Gasteiger partial charge in [-0.15, -0.1) is 0 Å². The first-order chi connectivity index (χ1) is 11.0. The predicted octanol–water partition coefficient (Wildman–Crippen LogP) is 3.07. The highest BCUT2D eigenvalue weighted by Crippen LogP contribution is 2.62. The van der Waals surface area contributed by atoms with Gasteiger partial charge in [0.25, 0.3) is 0 Å². The van der Waals surface area contributed by atoms with Crippen molar-refractivity contribution in [1.29, 1.82) is 0 Å². The lowest BCUT2D eigenvalue weighted by Crippen LogP contribution is -2.58. The number of carbonyl (C=O) groups excluding carboxylic acids is 1. The van der Waals surface area contributed by atoms with Crippen molar-refractivity contribution >= 4 is 5.97 Å². The van der Waals surface area contributed by atoms with Crippen LogP contribution in [0.15, 0.2) is 24.3 Å². The van der Waals surface area contributed by atoms with E-state index in [-0.39, 0.29) is 12.6 Å². The van der Waals surface area contributed by atoms with Crippen LogP contribution in [0.5, 0.6) is 5.75 Å². The quantitative estimate of drug-likeness (QED) is 0.867. The smallest absolute Gasteiger partial charge is 0.312 e. The van der Waals surface area contributed by atoms with E-state index in [9.17, 15) is 9.90 Å². The third-order valence-electron chi connectivity index (χ3n) is 6.01. The van der Waals surface area contributed by atoms with Crippen LogP contribution in [-0.4, -0.2) is 23.8 Å². The maximum atomic E-state index is 12.8. The Labute approximate surface area is 136 Å². The van der Waals surface area contributed by atoms with Crippen molar-refractivity contribution in [2.75, 3.05) is 7.11 Å². The lowest BCUT2D eigenvalue weighted by atomic mass is 9.48. The number of esters is 1. The van der Waals surface area contributed by atoms with Crippen molar-refractivity contribution in [3.8, 4) is 5.75 Å². The Balaban J connectivity index is 1.49. The molecule has 4 heteroatoms. The first kappa shape index (κ1) is 15.0. The standard InChI is InChI=1S/C19H24O4/c1-22-16-5-3-2-4-15(16)11-23-17(20)18-7-13-6-14(8-18)10-19(21,9-13)12-18/h2-5,13-14,21H,6-12H2,1H3/t13-,14+,18?,19?. The molecule has 0 aliphatic heterocycles. The molecule has 0 aromatic heterocycles. The Morgan fingerprint density at radius 1 is 1.22 bits per heavy atom. The third kappa shape index (κ3) is 2.53. The molecule has 0 saturated heterocycles. The molecule has 1 aromatic rings. The number of hydrogen-bond donors (Lipinski definition) is 1. The summed E-state index contributed by atoms with van der Waals surface area (Å²) in [6.07, 6.45) is 5.25. The van der Waals surface area contributed by atoms with Gasteiger partial charge in [0.05, 0.1) is 18.1 Å². The molecule has 0 amide bonds. The second-order valence-corrected chi connectivity index (χ2v) is 7.85. The molecule has 4 aliphatic rings. The molecular formula is C19H24O4. The van der Waals surface area contributed by atoms with Crippen molar-refractivity contribution in [3.63, 3.8) is 0 Å². The first-order valence-electron chi connectivity index (χ1n) is 8.53. The van der Waals surface area contributed by atoms with Gasteiger partial charge in [-0.2, -0.15) is 0 Å². The van der Waals surface area contributed by atoms with E-state index < -0.39 is 11.0 Å². The molecule has 0 spiro atoms. The van der Waals surface area contributed by atoms with Crippen LogP contribution in [0.25, 0.3) is 0 Å². The minimum Gasteiger partial charge on any atom is -0.496 e. The van der Waals surface area contributed by atoms with E-state index in [0.29, 0.717) is 18.3 Å². The molecular weight excluding hydrogens is 292 g/mol. The maximum absolute atomic E-state index is 12.8. The van der Waals surface area contributed by atoms with Crippen molar-refractivity contribution in [2.24, 2.45) is 17.3 Å². The predicted molar refractivity (Wildman–Crippen MR) is 84.9 cm³/mol. The SMILES string of the molecule is COc1ccccc1COC(=O)C12C[C@@H]3C[C@@H](CC(O)(C3)C1)C2. The molecule has 4 nitrogen and oxygen atoms in total. The van der Waals surface area contributed by atoms with E-state index in [2.05, 4.69) is 0 Å². The van der Waals surface area contributed by atoms with Gasteiger partial charge in [-0.3, -0.25) is 4.79 Å². The molecule has 124 valence electrons. The van der Waals surface area contributed by atoms with Crippen molar-refractivity contribution in [2.45, 2.75) is 50.7 Å². The van der Waals surface area contributed by atoms with Gasteiger partial charge in [-0.1, -0.05) is 18.2 Å². The van der Waals surface area contributed by atoms with Gasteiger partial charge in [-0.25, -0.2) is 0 Å². The lowest BCUT2D eigenvalue weighted by molar-refractivity contribution is -0.197. The van der Waals surface area contributed by atoms with Crippen molar-refractivity contribution in [3.05, 3.63) is 29.8 Å². The summed E-state index contributed by atoms with van der Waals surface area (Å²) >= 11 is 0. The second-order valence-electron chi connectivity index (χ2n) is 7.85. The topological polar surface area (TPSA) is 55.8 Å². The van der Waals surface area contributed by atoms with Crippen LogP contribution in [0, 0.1) is 17.3 Å². The number of rotatable bonds is 4. The summed E-state index contributed by atoms with van der Waals surface area (Å²) in [4.78, 5) is 12.8. The maximum Gasteiger partial charge on any atom is 0.312 e. The number of carbonyl (C=O) groups is 1. The molecule has 4 aliphatic carbocycles. The molecule has 2 unspecified atom stereocenters. The molecule has 1 aromatic carbocycles. The Bertz CT molecular complexity index is 610. The number of methoxy groups -OCH3 is 1. The van der Waals surface area contributed by atoms with Crippen LogP contribution in [-0.2, 0) is 16.1 Å². The fraction of sp³-hybridized carbons (Fsp3) is 0.632. The number of ether oxygens (including phenoxy) is 2. The van der Waals surface area contributed by atoms with E-state index in [4.69, 9.17) is 9.47 Å². The molecule has 4 fully saturated rings. The highest BCUT2D eigenvalue weighted by Gasteiger charge is 2.60. The normalized spacial score (nSPS) is 37.7. The molecule has 23 heavy (non-hydrogen) atoms. The monoisotopic (exact) mass is 316 g/mol. The highest BCUT2D eigenvalue weighted by atomic mass is 16.5. The Morgan fingerprint density at radius 2 is 1.91 bits per heavy atom. The summed E-state index contributed by atoms with van der Waals surface area (Å²) in [6, 6.07) is 7.60. The Kier molecular flexibility index (Phi) is 3.41. The Morgan fingerprint density at radius 3 is 2.57 bits per heavy atom. The van der Waals surface area contributed by atoms with Gasteiger partial charge in [0.15, 0.2) is 0 Å². The second kappa shape index (κ2) is 5.23. The van der Waals surface area contributed by atoms with Gasteiger partial charge in [0, 0.05) is 5.56 Å². The molecule has 4 atom stereocenters. The summed E-state index contributed by atoms with van der Waals surface area (Å²) in [5.41, 5.74) is -0.208. The minimum atomic E-state index is -0.631. The van der Waals surface area contributed by atoms with Crippen LogP contribution in [0.4, 0.5) is 0 Å². The summed E-state index contributed by atoms with van der Waals surface area (Å²) in [5, 5.41) is 10.8. The summed E-state index contributed by atoms with van der Waals surface area (Å²) in [5.74, 6) is 1.58. The Hall–Kier alpha value is -1.55. The van der Waals surface area contributed by atoms with Gasteiger partial charge < -0.3 is 14.6 Å². The van der Waals surface area contributed by atoms with Crippen LogP contribution in [0.2, 0.25) is 0 Å². The van der Waals surface area contributed by atoms with E-state index in [0.717, 1.165) is 37.0 Å². The lowest BCUT2D eigenvalue weighted by Gasteiger charge is -2.58. The van der Waals surface area contributed by atoms with Gasteiger partial charge in [0.2, 0.25) is 0 Å². The molecule has 1 N–H and O–H groups in total. The van der Waals surface area contributed by atoms with Crippen LogP contribution in [0.1, 0.15) is 44.1 Å². The van der Waals surface area contributed by atoms with Gasteiger partial charge >= 0.3 is 5.97 Å². The van der Waals surface area contributed by atoms with Crippen molar-refractivity contribution < 1.29 is 19.4 Å². The summed E-state index contributed by atoms with van der Waals surface area (Å²) < 4.78 is 11.0. The number of aliphatic hydroxyl groups is 1. The summed E-state index contributed by atoms with van der Waals surface area (Å²) in [6.45, 7) is 0.234. The number of hydrogen-bond acceptors (Lipinski definition) is 4. The zero-order chi connectivity index (χ0) is 16.1. The number of benzene rings is 1. The first-order valence-corrected chi connectivity index (χ1v) is 8.53. The van der Waals surface area contributed by atoms with Gasteiger partial charge in [-0.05, 0) is 56.4 Å². The van der Waals surface area contributed by atoms with E-state index in [1.54, 1.807) is 7.11 Å². The molecule has 0 heterocycles. The molecule has 4 bridgehead atoms. The fourth-order valence-electron chi connectivity index (χ4n) is 5.57. The zero-order valence-corrected chi connectivity index (χ0v) is 13.6. The van der Waals surface area contributed by atoms with Crippen LogP contribution >= 0.6 is 0 Å². The van der Waals surface area contributed by atoms with Gasteiger partial charge in [0.1, 0.15) is 12.4 Å². The number of para-hydroxylation sites is 1. The minimum absolute atomic E-state index is 0.129. The average Bonchev–Trinajstić information content (AvgIpc) is 2.50. The largest absolute Gasteiger partial charge is 0.496 e. The van der Waals surface area contributed by atoms with E-state index in [1.807, 2.05) is 24.3 Å². The fourth-order valence-corrected chi connectivity index (χ4v) is 5.57. The molecule has 4 saturated carbocycles. The van der Waals surface area contributed by atoms with Crippen LogP contribution in [0.3, 0.4) is 0 Å². The molecule has 5 rings (SSSR count). The average molecular weight is 316 g/mol. The van der Waals surface area contributed by atoms with Crippen molar-refractivity contribution in [1.82, 2.24) is 0 Å². The van der Waals surface area contributed by atoms with E-state index >= 15 is 0 Å². The van der Waals surface area contributed by atoms with Crippen LogP contribution < -0.4 is 4.74 Å².